The molecule has 0 amide bonds. The van der Waals surface area contributed by atoms with Crippen LogP contribution in [0.15, 0.2) is 36.5 Å². The van der Waals surface area contributed by atoms with Crippen molar-refractivity contribution in [3.8, 4) is 0 Å². The Morgan fingerprint density at radius 1 is 0.429 bits per heavy atom. The quantitative estimate of drug-likeness (QED) is 0.0264. The maximum atomic E-state index is 12.7. The number of nitrogens with two attached hydrogens (primary N) is 1. The van der Waals surface area contributed by atoms with Crippen molar-refractivity contribution >= 4 is 19.8 Å². The van der Waals surface area contributed by atoms with E-state index in [1.165, 1.54) is 205 Å². The van der Waals surface area contributed by atoms with E-state index < -0.39 is 26.5 Å². The van der Waals surface area contributed by atoms with Crippen molar-refractivity contribution in [1.82, 2.24) is 0 Å². The van der Waals surface area contributed by atoms with Gasteiger partial charge in [-0.25, -0.2) is 4.57 Å². The third kappa shape index (κ3) is 55.5. The van der Waals surface area contributed by atoms with E-state index in [4.69, 9.17) is 24.3 Å². The summed E-state index contributed by atoms with van der Waals surface area (Å²) in [6.07, 6.45) is 68.3. The van der Waals surface area contributed by atoms with Crippen molar-refractivity contribution in [3.63, 3.8) is 0 Å². The van der Waals surface area contributed by atoms with Gasteiger partial charge in [-0.2, -0.15) is 0 Å². The monoisotopic (exact) mass is 1010 g/mol. The van der Waals surface area contributed by atoms with E-state index in [1.54, 1.807) is 0 Å². The van der Waals surface area contributed by atoms with Crippen LogP contribution >= 0.6 is 7.82 Å². The average Bonchev–Trinajstić information content (AvgIpc) is 3.35. The Labute approximate surface area is 433 Å². The van der Waals surface area contributed by atoms with E-state index >= 15 is 0 Å². The van der Waals surface area contributed by atoms with E-state index in [2.05, 4.69) is 50.3 Å². The van der Waals surface area contributed by atoms with Gasteiger partial charge in [0.15, 0.2) is 6.10 Å². The second-order valence-corrected chi connectivity index (χ2v) is 21.7. The molecule has 0 fully saturated rings. The minimum Gasteiger partial charge on any atom is -0.462 e. The molecule has 3 N–H and O–H groups in total. The van der Waals surface area contributed by atoms with Crippen molar-refractivity contribution in [2.24, 2.45) is 5.73 Å². The predicted octanol–water partition coefficient (Wildman–Crippen LogP) is 18.8. The Bertz CT molecular complexity index is 1240. The third-order valence-corrected chi connectivity index (χ3v) is 14.2. The minimum absolute atomic E-state index is 0.0541. The van der Waals surface area contributed by atoms with Crippen LogP contribution in [0.4, 0.5) is 0 Å². The van der Waals surface area contributed by atoms with E-state index in [0.717, 1.165) is 64.2 Å². The highest BCUT2D eigenvalue weighted by Crippen LogP contribution is 2.43. The van der Waals surface area contributed by atoms with Gasteiger partial charge in [0.25, 0.3) is 0 Å². The molecule has 0 aromatic rings. The number of carbonyl (C=O) groups is 2. The number of phosphoric acid groups is 1. The number of rotatable bonds is 57. The van der Waals surface area contributed by atoms with Gasteiger partial charge in [0, 0.05) is 19.4 Å². The summed E-state index contributed by atoms with van der Waals surface area (Å²) in [5.74, 6) is -0.829. The summed E-state index contributed by atoms with van der Waals surface area (Å²) in [4.78, 5) is 35.0. The van der Waals surface area contributed by atoms with Crippen LogP contribution in [0.5, 0.6) is 0 Å². The summed E-state index contributed by atoms with van der Waals surface area (Å²) in [6, 6.07) is 0. The fourth-order valence-electron chi connectivity index (χ4n) is 8.79. The summed E-state index contributed by atoms with van der Waals surface area (Å²) in [5.41, 5.74) is 5.36. The lowest BCUT2D eigenvalue weighted by atomic mass is 10.0. The first kappa shape index (κ1) is 68.2. The number of carbonyl (C=O) groups excluding carboxylic acids is 2. The zero-order valence-corrected chi connectivity index (χ0v) is 46.9. The number of ether oxygens (including phenoxy) is 2. The Morgan fingerprint density at radius 3 is 1.16 bits per heavy atom. The SMILES string of the molecule is CCC/C=C\CCCCCCCC(=O)OCC(COP(=O)(O)OCCN)OC(=O)CCCCCCCCCCCCCCCCCCCCCCCCCCCCC/C=C\C/C=C\CCCCCCC. The lowest BCUT2D eigenvalue weighted by Gasteiger charge is -2.19. The molecule has 9 nitrogen and oxygen atoms in total. The molecule has 2 atom stereocenters. The van der Waals surface area contributed by atoms with E-state index in [-0.39, 0.29) is 38.6 Å². The first-order valence-corrected chi connectivity index (χ1v) is 31.5. The maximum Gasteiger partial charge on any atom is 0.472 e. The first-order valence-electron chi connectivity index (χ1n) is 30.0. The van der Waals surface area contributed by atoms with Crippen LogP contribution in [0, 0.1) is 0 Å². The number of hydrogen-bond acceptors (Lipinski definition) is 8. The fraction of sp³-hybridized carbons (Fsp3) is 0.867. The van der Waals surface area contributed by atoms with Crippen LogP contribution in [0.25, 0.3) is 0 Å². The van der Waals surface area contributed by atoms with E-state index in [1.807, 2.05) is 0 Å². The van der Waals surface area contributed by atoms with Gasteiger partial charge >= 0.3 is 19.8 Å². The van der Waals surface area contributed by atoms with Crippen molar-refractivity contribution in [3.05, 3.63) is 36.5 Å². The van der Waals surface area contributed by atoms with Gasteiger partial charge < -0.3 is 20.1 Å². The number of allylic oxidation sites excluding steroid dienone is 6. The van der Waals surface area contributed by atoms with Crippen LogP contribution in [-0.2, 0) is 32.7 Å². The van der Waals surface area contributed by atoms with E-state index in [9.17, 15) is 19.0 Å². The fourth-order valence-corrected chi connectivity index (χ4v) is 9.55. The second kappa shape index (κ2) is 56.5. The topological polar surface area (TPSA) is 134 Å². The van der Waals surface area contributed by atoms with Crippen molar-refractivity contribution < 1.29 is 37.6 Å². The highest BCUT2D eigenvalue weighted by molar-refractivity contribution is 7.47. The highest BCUT2D eigenvalue weighted by Gasteiger charge is 2.26. The molecule has 0 aliphatic heterocycles. The second-order valence-electron chi connectivity index (χ2n) is 20.2. The Kier molecular flexibility index (Phi) is 55.1. The molecule has 0 aromatic carbocycles. The normalized spacial score (nSPS) is 13.3. The van der Waals surface area contributed by atoms with Crippen LogP contribution < -0.4 is 5.73 Å². The lowest BCUT2D eigenvalue weighted by molar-refractivity contribution is -0.161. The standard InChI is InChI=1S/C60H114NO8P/c1-3-5-7-9-11-13-15-16-17-18-19-20-21-22-23-24-25-26-27-28-29-30-31-32-33-34-35-36-37-38-39-40-41-42-43-45-47-49-51-53-60(63)69-58(57-68-70(64,65)67-55-54-61)56-66-59(62)52-50-48-46-44-14-12-10-8-6-4-2/h8,10,15-16,18-19,58H,3-7,9,11-14,17,20-57,61H2,1-2H3,(H,64,65)/b10-8-,16-15-,19-18-. The van der Waals surface area contributed by atoms with Crippen LogP contribution in [-0.4, -0.2) is 49.3 Å². The molecule has 0 radical (unpaired) electrons. The molecule has 0 heterocycles. The Balaban J connectivity index is 3.69. The van der Waals surface area contributed by atoms with Crippen LogP contribution in [0.1, 0.15) is 303 Å². The van der Waals surface area contributed by atoms with Gasteiger partial charge in [0.1, 0.15) is 6.61 Å². The molecule has 0 saturated heterocycles. The summed E-state index contributed by atoms with van der Waals surface area (Å²) >= 11 is 0. The molecule has 0 aromatic heterocycles. The van der Waals surface area contributed by atoms with Gasteiger partial charge in [-0.3, -0.25) is 18.6 Å². The summed E-state index contributed by atoms with van der Waals surface area (Å²) in [5, 5.41) is 0. The first-order chi connectivity index (χ1) is 34.3. The Morgan fingerprint density at radius 2 is 0.771 bits per heavy atom. The summed E-state index contributed by atoms with van der Waals surface area (Å²) in [7, 11) is -4.38. The molecule has 412 valence electrons. The molecule has 0 aliphatic carbocycles. The molecule has 0 aliphatic rings. The molecule has 2 unspecified atom stereocenters. The maximum absolute atomic E-state index is 12.7. The smallest absolute Gasteiger partial charge is 0.462 e. The number of hydrogen-bond donors (Lipinski definition) is 2. The summed E-state index contributed by atoms with van der Waals surface area (Å²) in [6.45, 7) is 3.69. The lowest BCUT2D eigenvalue weighted by Crippen LogP contribution is -2.29. The predicted molar refractivity (Wildman–Crippen MR) is 298 cm³/mol. The minimum atomic E-state index is -4.38. The summed E-state index contributed by atoms with van der Waals surface area (Å²) < 4.78 is 32.9. The van der Waals surface area contributed by atoms with Gasteiger partial charge in [-0.05, 0) is 64.2 Å². The molecule has 10 heteroatoms. The van der Waals surface area contributed by atoms with Gasteiger partial charge in [-0.15, -0.1) is 0 Å². The van der Waals surface area contributed by atoms with E-state index in [0.29, 0.717) is 6.42 Å². The molecule has 0 spiro atoms. The average molecular weight is 1010 g/mol. The zero-order chi connectivity index (χ0) is 51.0. The molecule has 0 bridgehead atoms. The van der Waals surface area contributed by atoms with Gasteiger partial charge in [0.2, 0.25) is 0 Å². The largest absolute Gasteiger partial charge is 0.472 e. The number of phosphoric ester groups is 1. The Hall–Kier alpha value is -1.77. The number of esters is 2. The van der Waals surface area contributed by atoms with Crippen molar-refractivity contribution in [1.29, 1.82) is 0 Å². The zero-order valence-electron chi connectivity index (χ0n) is 46.0. The number of unbranched alkanes of at least 4 members (excludes halogenated alkanes) is 38. The van der Waals surface area contributed by atoms with Crippen LogP contribution in [0.2, 0.25) is 0 Å². The molecular formula is C60H114NO8P. The highest BCUT2D eigenvalue weighted by atomic mass is 31.2. The molecular weight excluding hydrogens is 894 g/mol. The van der Waals surface area contributed by atoms with Gasteiger partial charge in [-0.1, -0.05) is 262 Å². The van der Waals surface area contributed by atoms with Crippen molar-refractivity contribution in [2.45, 2.75) is 309 Å². The molecule has 0 rings (SSSR count). The third-order valence-electron chi connectivity index (χ3n) is 13.2. The van der Waals surface area contributed by atoms with Crippen molar-refractivity contribution in [2.75, 3.05) is 26.4 Å². The molecule has 0 saturated carbocycles. The van der Waals surface area contributed by atoms with Gasteiger partial charge in [0.05, 0.1) is 13.2 Å². The molecule has 70 heavy (non-hydrogen) atoms. The van der Waals surface area contributed by atoms with Crippen LogP contribution in [0.3, 0.4) is 0 Å².